The molecule has 0 radical (unpaired) electrons. The summed E-state index contributed by atoms with van der Waals surface area (Å²) in [6.45, 7) is 4.23. The number of rotatable bonds is 2. The van der Waals surface area contributed by atoms with Crippen molar-refractivity contribution in [2.75, 3.05) is 0 Å². The van der Waals surface area contributed by atoms with Crippen LogP contribution in [0.25, 0.3) is 0 Å². The predicted octanol–water partition coefficient (Wildman–Crippen LogP) is 2.81. The molecule has 1 aromatic rings. The number of carbonyl (C=O) groups is 1. The van der Waals surface area contributed by atoms with Gasteiger partial charge in [0.2, 0.25) is 0 Å². The lowest BCUT2D eigenvalue weighted by Crippen LogP contribution is -2.68. The number of benzene rings is 1. The molecule has 3 aliphatic carbocycles. The normalized spacial score (nSPS) is 35.1. The third kappa shape index (κ3) is 0.998. The second kappa shape index (κ2) is 2.68. The lowest BCUT2D eigenvalue weighted by molar-refractivity contribution is -0.194. The van der Waals surface area contributed by atoms with Gasteiger partial charge in [0.25, 0.3) is 0 Å². The molecule has 0 unspecified atom stereocenters. The molecule has 4 rings (SSSR count). The van der Waals surface area contributed by atoms with Crippen LogP contribution >= 0.6 is 0 Å². The van der Waals surface area contributed by atoms with Crippen molar-refractivity contribution in [1.29, 1.82) is 0 Å². The molecule has 2 bridgehead atoms. The van der Waals surface area contributed by atoms with Crippen molar-refractivity contribution in [3.05, 3.63) is 34.9 Å². The minimum Gasteiger partial charge on any atom is -0.481 e. The Morgan fingerprint density at radius 1 is 1.25 bits per heavy atom. The van der Waals surface area contributed by atoms with Gasteiger partial charge in [-0.1, -0.05) is 23.8 Å². The monoisotopic (exact) mass is 216 g/mol. The third-order valence-electron chi connectivity index (χ3n) is 4.44. The fourth-order valence-corrected chi connectivity index (χ4v) is 3.71. The van der Waals surface area contributed by atoms with E-state index in [4.69, 9.17) is 5.11 Å². The summed E-state index contributed by atoms with van der Waals surface area (Å²) in [6.07, 6.45) is 2.54. The highest BCUT2D eigenvalue weighted by atomic mass is 16.4. The molecule has 1 aromatic carbocycles. The summed E-state index contributed by atoms with van der Waals surface area (Å²) in [4.78, 5) is 11.1. The summed E-state index contributed by atoms with van der Waals surface area (Å²) in [5.74, 6) is -0.598. The topological polar surface area (TPSA) is 37.3 Å². The van der Waals surface area contributed by atoms with Gasteiger partial charge >= 0.3 is 5.97 Å². The van der Waals surface area contributed by atoms with Crippen LogP contribution in [0.5, 0.6) is 0 Å². The van der Waals surface area contributed by atoms with Crippen molar-refractivity contribution in [1.82, 2.24) is 0 Å². The minimum atomic E-state index is -0.598. The number of carboxylic acid groups (broad SMARTS) is 1. The van der Waals surface area contributed by atoms with E-state index in [-0.39, 0.29) is 10.8 Å². The van der Waals surface area contributed by atoms with E-state index >= 15 is 0 Å². The molecule has 3 fully saturated rings. The van der Waals surface area contributed by atoms with Gasteiger partial charge in [-0.15, -0.1) is 0 Å². The van der Waals surface area contributed by atoms with Crippen LogP contribution in [0, 0.1) is 19.3 Å². The standard InChI is InChI=1S/C14H16O2/c1-9-3-4-11(10(2)5-9)13-6-14(7-13,8-13)12(15)16/h3-5H,6-8H2,1-2H3,(H,15,16). The predicted molar refractivity (Wildman–Crippen MR) is 61.5 cm³/mol. The molecule has 0 spiro atoms. The van der Waals surface area contributed by atoms with Crippen molar-refractivity contribution in [3.63, 3.8) is 0 Å². The van der Waals surface area contributed by atoms with Gasteiger partial charge in [-0.05, 0) is 49.7 Å². The zero-order valence-corrected chi connectivity index (χ0v) is 9.71. The van der Waals surface area contributed by atoms with Crippen LogP contribution in [0.15, 0.2) is 18.2 Å². The average Bonchev–Trinajstić information content (AvgIpc) is 2.03. The molecule has 0 aromatic heterocycles. The van der Waals surface area contributed by atoms with E-state index in [1.807, 2.05) is 0 Å². The van der Waals surface area contributed by atoms with E-state index < -0.39 is 5.97 Å². The molecule has 16 heavy (non-hydrogen) atoms. The Balaban J connectivity index is 1.90. The van der Waals surface area contributed by atoms with E-state index in [1.165, 1.54) is 16.7 Å². The third-order valence-corrected chi connectivity index (χ3v) is 4.44. The van der Waals surface area contributed by atoms with E-state index in [2.05, 4.69) is 32.0 Å². The lowest BCUT2D eigenvalue weighted by atomic mass is 9.33. The van der Waals surface area contributed by atoms with Crippen LogP contribution in [-0.4, -0.2) is 11.1 Å². The molecule has 2 nitrogen and oxygen atoms in total. The Labute approximate surface area is 95.3 Å². The molecule has 84 valence electrons. The summed E-state index contributed by atoms with van der Waals surface area (Å²) in [7, 11) is 0. The highest BCUT2D eigenvalue weighted by Crippen LogP contribution is 2.73. The van der Waals surface area contributed by atoms with E-state index in [0.29, 0.717) is 0 Å². The van der Waals surface area contributed by atoms with E-state index in [0.717, 1.165) is 19.3 Å². The fraction of sp³-hybridized carbons (Fsp3) is 0.500. The lowest BCUT2D eigenvalue weighted by Gasteiger charge is -2.68. The Bertz CT molecular complexity index is 468. The van der Waals surface area contributed by atoms with Gasteiger partial charge in [0, 0.05) is 0 Å². The minimum absolute atomic E-state index is 0.205. The van der Waals surface area contributed by atoms with Crippen LogP contribution in [0.3, 0.4) is 0 Å². The molecule has 0 saturated heterocycles. The maximum Gasteiger partial charge on any atom is 0.309 e. The highest BCUT2D eigenvalue weighted by molar-refractivity contribution is 5.81. The molecular formula is C14H16O2. The summed E-state index contributed by atoms with van der Waals surface area (Å²) < 4.78 is 0. The van der Waals surface area contributed by atoms with Crippen molar-refractivity contribution < 1.29 is 9.90 Å². The molecule has 0 heterocycles. The summed E-state index contributed by atoms with van der Waals surface area (Å²) in [6, 6.07) is 6.52. The smallest absolute Gasteiger partial charge is 0.309 e. The molecule has 3 saturated carbocycles. The first-order valence-corrected chi connectivity index (χ1v) is 5.79. The number of hydrogen-bond donors (Lipinski definition) is 1. The molecule has 0 aliphatic heterocycles. The van der Waals surface area contributed by atoms with Gasteiger partial charge in [0.15, 0.2) is 0 Å². The largest absolute Gasteiger partial charge is 0.481 e. The van der Waals surface area contributed by atoms with Gasteiger partial charge in [-0.2, -0.15) is 0 Å². The maximum absolute atomic E-state index is 11.1. The first kappa shape index (κ1) is 9.88. The second-order valence-electron chi connectivity index (χ2n) is 5.71. The van der Waals surface area contributed by atoms with Gasteiger partial charge in [-0.3, -0.25) is 4.79 Å². The van der Waals surface area contributed by atoms with Gasteiger partial charge in [-0.25, -0.2) is 0 Å². The summed E-state index contributed by atoms with van der Waals surface area (Å²) in [5, 5.41) is 9.11. The van der Waals surface area contributed by atoms with E-state index in [9.17, 15) is 4.79 Å². The quantitative estimate of drug-likeness (QED) is 0.825. The van der Waals surface area contributed by atoms with Crippen LogP contribution in [0.4, 0.5) is 0 Å². The van der Waals surface area contributed by atoms with Crippen LogP contribution < -0.4 is 0 Å². The van der Waals surface area contributed by atoms with E-state index in [1.54, 1.807) is 0 Å². The first-order valence-electron chi connectivity index (χ1n) is 5.79. The Kier molecular flexibility index (Phi) is 1.65. The second-order valence-corrected chi connectivity index (χ2v) is 5.71. The number of aryl methyl sites for hydroxylation is 2. The molecule has 2 heteroatoms. The van der Waals surface area contributed by atoms with Crippen LogP contribution in [0.1, 0.15) is 36.0 Å². The fourth-order valence-electron chi connectivity index (χ4n) is 3.71. The molecule has 0 amide bonds. The highest BCUT2D eigenvalue weighted by Gasteiger charge is 2.72. The Morgan fingerprint density at radius 2 is 1.88 bits per heavy atom. The number of aliphatic carboxylic acids is 1. The SMILES string of the molecule is Cc1ccc(C23CC(C(=O)O)(C2)C3)c(C)c1. The van der Waals surface area contributed by atoms with Gasteiger partial charge in [0.1, 0.15) is 0 Å². The summed E-state index contributed by atoms with van der Waals surface area (Å²) in [5.41, 5.74) is 3.81. The van der Waals surface area contributed by atoms with Gasteiger partial charge < -0.3 is 5.11 Å². The zero-order valence-electron chi connectivity index (χ0n) is 9.71. The van der Waals surface area contributed by atoms with Crippen molar-refractivity contribution >= 4 is 5.97 Å². The molecule has 3 aliphatic rings. The summed E-state index contributed by atoms with van der Waals surface area (Å²) >= 11 is 0. The first-order chi connectivity index (χ1) is 7.47. The van der Waals surface area contributed by atoms with Crippen molar-refractivity contribution in [3.8, 4) is 0 Å². The number of carboxylic acids is 1. The zero-order chi connectivity index (χ0) is 11.6. The average molecular weight is 216 g/mol. The molecular weight excluding hydrogens is 200 g/mol. The molecule has 1 N–H and O–H groups in total. The maximum atomic E-state index is 11.1. The molecule has 0 atom stereocenters. The number of hydrogen-bond acceptors (Lipinski definition) is 1. The van der Waals surface area contributed by atoms with Crippen LogP contribution in [0.2, 0.25) is 0 Å². The van der Waals surface area contributed by atoms with Gasteiger partial charge in [0.05, 0.1) is 5.41 Å². The Morgan fingerprint density at radius 3 is 2.38 bits per heavy atom. The Hall–Kier alpha value is -1.31. The van der Waals surface area contributed by atoms with Crippen molar-refractivity contribution in [2.24, 2.45) is 5.41 Å². The van der Waals surface area contributed by atoms with Crippen LogP contribution in [-0.2, 0) is 10.2 Å². The van der Waals surface area contributed by atoms with Crippen molar-refractivity contribution in [2.45, 2.75) is 38.5 Å².